The maximum atomic E-state index is 15.3. The van der Waals surface area contributed by atoms with Gasteiger partial charge in [0.2, 0.25) is 10.0 Å². The predicted molar refractivity (Wildman–Crippen MR) is 126 cm³/mol. The first kappa shape index (κ1) is 28.0. The van der Waals surface area contributed by atoms with Gasteiger partial charge in [-0.15, -0.1) is 0 Å². The Hall–Kier alpha value is -2.60. The molecule has 3 aromatic rings. The van der Waals surface area contributed by atoms with Crippen LogP contribution in [0.1, 0.15) is 51.9 Å². The molecule has 0 aliphatic heterocycles. The minimum absolute atomic E-state index is 0.0327. The van der Waals surface area contributed by atoms with Gasteiger partial charge in [0.25, 0.3) is 6.43 Å². The van der Waals surface area contributed by atoms with Crippen molar-refractivity contribution in [3.8, 4) is 11.1 Å². The molecule has 0 aliphatic rings. The zero-order valence-electron chi connectivity index (χ0n) is 20.3. The van der Waals surface area contributed by atoms with Crippen LogP contribution < -0.4 is 4.72 Å². The Morgan fingerprint density at radius 3 is 2.25 bits per heavy atom. The van der Waals surface area contributed by atoms with Crippen LogP contribution in [0.25, 0.3) is 22.0 Å². The summed E-state index contributed by atoms with van der Waals surface area (Å²) in [6.07, 6.45) is -5.79. The number of benzene rings is 1. The summed E-state index contributed by atoms with van der Waals surface area (Å²) < 4.78 is 113. The number of aromatic nitrogens is 2. The summed E-state index contributed by atoms with van der Waals surface area (Å²) in [5.41, 5.74) is -2.59. The minimum Gasteiger partial charge on any atom is -0.347 e. The van der Waals surface area contributed by atoms with Crippen molar-refractivity contribution in [3.63, 3.8) is 0 Å². The van der Waals surface area contributed by atoms with Crippen LogP contribution in [0.5, 0.6) is 0 Å². The highest BCUT2D eigenvalue weighted by Gasteiger charge is 2.37. The molecular weight excluding hydrogens is 508 g/mol. The van der Waals surface area contributed by atoms with E-state index in [1.165, 1.54) is 30.7 Å². The number of fused-ring (bicyclic) bond motifs is 1. The highest BCUT2D eigenvalue weighted by Crippen LogP contribution is 2.40. The molecule has 198 valence electrons. The Balaban J connectivity index is 2.32. The van der Waals surface area contributed by atoms with E-state index in [2.05, 4.69) is 4.98 Å². The lowest BCUT2D eigenvalue weighted by atomic mass is 9.96. The van der Waals surface area contributed by atoms with Gasteiger partial charge in [-0.05, 0) is 37.5 Å². The highest BCUT2D eigenvalue weighted by atomic mass is 32.2. The molecule has 1 N–H and O–H groups in total. The van der Waals surface area contributed by atoms with E-state index < -0.39 is 62.0 Å². The number of hydrogen-bond acceptors (Lipinski definition) is 3. The topological polar surface area (TPSA) is 64.0 Å². The lowest BCUT2D eigenvalue weighted by Crippen LogP contribution is -2.37. The first-order valence-electron chi connectivity index (χ1n) is 11.1. The van der Waals surface area contributed by atoms with Crippen LogP contribution in [0.4, 0.5) is 26.3 Å². The molecule has 0 fully saturated rings. The summed E-state index contributed by atoms with van der Waals surface area (Å²) in [5, 5.41) is -1.04. The van der Waals surface area contributed by atoms with Crippen LogP contribution in [0.3, 0.4) is 0 Å². The van der Waals surface area contributed by atoms with Crippen molar-refractivity contribution in [2.24, 2.45) is 5.41 Å². The van der Waals surface area contributed by atoms with E-state index in [0.717, 1.165) is 24.4 Å². The van der Waals surface area contributed by atoms with Gasteiger partial charge < -0.3 is 4.57 Å². The first-order valence-corrected chi connectivity index (χ1v) is 12.6. The van der Waals surface area contributed by atoms with Crippen LogP contribution in [-0.4, -0.2) is 29.6 Å². The smallest absolute Gasteiger partial charge is 0.347 e. The molecule has 2 heterocycles. The third-order valence-corrected chi connectivity index (χ3v) is 7.33. The molecule has 2 aromatic heterocycles. The zero-order chi connectivity index (χ0) is 27.2. The van der Waals surface area contributed by atoms with Crippen molar-refractivity contribution in [1.29, 1.82) is 0 Å². The quantitative estimate of drug-likeness (QED) is 0.350. The van der Waals surface area contributed by atoms with Gasteiger partial charge in [0.15, 0.2) is 5.69 Å². The fourth-order valence-corrected chi connectivity index (χ4v) is 4.70. The average molecular weight is 536 g/mol. The Morgan fingerprint density at radius 2 is 1.72 bits per heavy atom. The zero-order valence-corrected chi connectivity index (χ0v) is 21.1. The molecular formula is C24H27F6N3O2S. The first-order chi connectivity index (χ1) is 16.4. The molecule has 5 nitrogen and oxygen atoms in total. The second-order valence-corrected chi connectivity index (χ2v) is 12.3. The van der Waals surface area contributed by atoms with Crippen LogP contribution >= 0.6 is 0 Å². The number of hydrogen-bond donors (Lipinski definition) is 1. The second-order valence-electron chi connectivity index (χ2n) is 10.0. The molecule has 0 bridgehead atoms. The largest absolute Gasteiger partial charge is 0.433 e. The van der Waals surface area contributed by atoms with Gasteiger partial charge in [-0.25, -0.2) is 26.3 Å². The monoisotopic (exact) mass is 535 g/mol. The maximum absolute atomic E-state index is 15.3. The third kappa shape index (κ3) is 5.86. The molecule has 1 aromatic carbocycles. The van der Waals surface area contributed by atoms with E-state index in [1.807, 2.05) is 25.5 Å². The van der Waals surface area contributed by atoms with Gasteiger partial charge in [0.1, 0.15) is 11.9 Å². The molecule has 1 atom stereocenters. The molecule has 0 aliphatic carbocycles. The summed E-state index contributed by atoms with van der Waals surface area (Å²) >= 11 is 0. The SMILES string of the molecule is CC(C)S(=O)(=O)NC(c1cn(CC(C)(C)C)c2cc(-c3cccnc3C(F)(F)F)c(F)cc12)C(F)F. The Bertz CT molecular complexity index is 1360. The average Bonchev–Trinajstić information content (AvgIpc) is 3.05. The van der Waals surface area contributed by atoms with Gasteiger partial charge >= 0.3 is 6.18 Å². The molecule has 0 amide bonds. The molecule has 3 rings (SSSR count). The number of halogens is 6. The Labute approximate surface area is 205 Å². The third-order valence-electron chi connectivity index (χ3n) is 5.51. The van der Waals surface area contributed by atoms with Crippen LogP contribution in [-0.2, 0) is 22.7 Å². The van der Waals surface area contributed by atoms with Gasteiger partial charge in [-0.1, -0.05) is 26.8 Å². The summed E-state index contributed by atoms with van der Waals surface area (Å²) in [6.45, 7) is 8.46. The number of nitrogens with one attached hydrogen (secondary N) is 1. The number of pyridine rings is 1. The molecule has 12 heteroatoms. The standard InChI is InChI=1S/C24H27F6N3O2S/c1-13(2)36(34,35)32-20(22(26)27)17-11-33(12-23(3,4)5)19-10-15(18(25)9-16(17)19)14-7-6-8-31-21(14)24(28,29)30/h6-11,13,20,22,32H,12H2,1-5H3. The highest BCUT2D eigenvalue weighted by molar-refractivity contribution is 7.90. The summed E-state index contributed by atoms with van der Waals surface area (Å²) in [7, 11) is -4.13. The predicted octanol–water partition coefficient (Wildman–Crippen LogP) is 6.54. The van der Waals surface area contributed by atoms with Crippen molar-refractivity contribution < 1.29 is 34.8 Å². The van der Waals surface area contributed by atoms with Gasteiger partial charge in [0.05, 0.1) is 5.25 Å². The van der Waals surface area contributed by atoms with Crippen LogP contribution in [0.15, 0.2) is 36.7 Å². The van der Waals surface area contributed by atoms with Gasteiger partial charge in [0, 0.05) is 46.5 Å². The van der Waals surface area contributed by atoms with E-state index in [9.17, 15) is 30.4 Å². The van der Waals surface area contributed by atoms with Crippen molar-refractivity contribution in [2.75, 3.05) is 0 Å². The van der Waals surface area contributed by atoms with Crippen molar-refractivity contribution in [1.82, 2.24) is 14.3 Å². The van der Waals surface area contributed by atoms with E-state index in [1.54, 1.807) is 0 Å². The van der Waals surface area contributed by atoms with Gasteiger partial charge in [-0.2, -0.15) is 13.2 Å². The van der Waals surface area contributed by atoms with Crippen molar-refractivity contribution >= 4 is 20.9 Å². The lowest BCUT2D eigenvalue weighted by Gasteiger charge is -2.20. The Morgan fingerprint density at radius 1 is 1.08 bits per heavy atom. The lowest BCUT2D eigenvalue weighted by molar-refractivity contribution is -0.140. The molecule has 0 saturated heterocycles. The normalized spacial score (nSPS) is 14.2. The van der Waals surface area contributed by atoms with Crippen molar-refractivity contribution in [3.05, 3.63) is 53.7 Å². The van der Waals surface area contributed by atoms with E-state index in [4.69, 9.17) is 0 Å². The summed E-state index contributed by atoms with van der Waals surface area (Å²) in [4.78, 5) is 3.37. The number of alkyl halides is 5. The molecule has 1 unspecified atom stereocenters. The molecule has 0 spiro atoms. The van der Waals surface area contributed by atoms with E-state index >= 15 is 4.39 Å². The van der Waals surface area contributed by atoms with Crippen molar-refractivity contribution in [2.45, 2.75) is 65.1 Å². The fourth-order valence-electron chi connectivity index (χ4n) is 3.85. The Kier molecular flexibility index (Phi) is 7.54. The second kappa shape index (κ2) is 9.70. The van der Waals surface area contributed by atoms with E-state index in [-0.39, 0.29) is 23.0 Å². The number of rotatable bonds is 7. The van der Waals surface area contributed by atoms with Gasteiger partial charge in [-0.3, -0.25) is 4.98 Å². The minimum atomic E-state index is -4.85. The molecule has 36 heavy (non-hydrogen) atoms. The van der Waals surface area contributed by atoms with Crippen LogP contribution in [0, 0.1) is 11.2 Å². The maximum Gasteiger partial charge on any atom is 0.433 e. The van der Waals surface area contributed by atoms with Crippen LogP contribution in [0.2, 0.25) is 0 Å². The fraction of sp³-hybridized carbons (Fsp3) is 0.458. The van der Waals surface area contributed by atoms with E-state index in [0.29, 0.717) is 0 Å². The summed E-state index contributed by atoms with van der Waals surface area (Å²) in [5.74, 6) is -1.09. The summed E-state index contributed by atoms with van der Waals surface area (Å²) in [6, 6.07) is 2.35. The number of sulfonamides is 1. The number of nitrogens with zero attached hydrogens (tertiary/aromatic N) is 2. The molecule has 0 radical (unpaired) electrons. The molecule has 0 saturated carbocycles.